The van der Waals surface area contributed by atoms with E-state index in [1.54, 1.807) is 30.2 Å². The van der Waals surface area contributed by atoms with E-state index in [-0.39, 0.29) is 69.1 Å². The zero-order valence-corrected chi connectivity index (χ0v) is 23.6. The number of hydrogen-bond donors (Lipinski definition) is 5. The van der Waals surface area contributed by atoms with Crippen LogP contribution >= 0.6 is 34.8 Å². The van der Waals surface area contributed by atoms with Crippen molar-refractivity contribution in [3.05, 3.63) is 85.5 Å². The zero-order valence-electron chi connectivity index (χ0n) is 21.3. The van der Waals surface area contributed by atoms with Gasteiger partial charge < -0.3 is 30.1 Å². The summed E-state index contributed by atoms with van der Waals surface area (Å²) in [7, 11) is 0. The summed E-state index contributed by atoms with van der Waals surface area (Å²) in [6.07, 6.45) is 1.47. The van der Waals surface area contributed by atoms with Gasteiger partial charge >= 0.3 is 0 Å². The first kappa shape index (κ1) is 28.9. The Kier molecular flexibility index (Phi) is 7.91. The van der Waals surface area contributed by atoms with Gasteiger partial charge in [0.15, 0.2) is 11.6 Å². The van der Waals surface area contributed by atoms with Crippen molar-refractivity contribution in [1.82, 2.24) is 4.98 Å². The molecule has 0 spiro atoms. The molecule has 5 N–H and O–H groups in total. The van der Waals surface area contributed by atoms with Crippen molar-refractivity contribution in [2.24, 2.45) is 5.92 Å². The number of benzene rings is 1. The number of allylic oxidation sites excluding steroid dienone is 3. The Labute approximate surface area is 245 Å². The van der Waals surface area contributed by atoms with Gasteiger partial charge in [0.05, 0.1) is 34.4 Å². The highest BCUT2D eigenvalue weighted by atomic mass is 35.5. The summed E-state index contributed by atoms with van der Waals surface area (Å²) in [6.45, 7) is 1.71. The molecule has 8 nitrogen and oxygen atoms in total. The molecular formula is C28H27Cl3FN3O5. The van der Waals surface area contributed by atoms with E-state index in [1.807, 2.05) is 0 Å². The van der Waals surface area contributed by atoms with Gasteiger partial charge in [-0.1, -0.05) is 40.9 Å². The van der Waals surface area contributed by atoms with Gasteiger partial charge in [-0.15, -0.1) is 0 Å². The number of aromatic nitrogens is 1. The number of β-amino-alcohol motifs (C(OH)–C–C–N with tert-alkyl or cyclic N) is 1. The van der Waals surface area contributed by atoms with Gasteiger partial charge in [0, 0.05) is 28.3 Å². The number of aryl methyl sites for hydroxylation is 1. The zero-order chi connectivity index (χ0) is 28.9. The standard InChI is InChI=1S/C28H27Cl3FN3O5/c1-13-6-20(32)27(34-9-13)35-11-28(39,12-35)17-5-4-15(7-18(17)29)40-10-16(25(37)14-2-3-14)24(33)22-19(30)8-21(36)26(38)23(22)31/h4-9,14,21,26,33,36-39H,2-3,10-12H2,1H3/b25-16-,33-24?. The molecule has 2 aromatic rings. The molecule has 5 rings (SSSR count). The molecule has 2 fully saturated rings. The summed E-state index contributed by atoms with van der Waals surface area (Å²) in [5, 5.41) is 50.8. The Hall–Kier alpha value is -2.66. The molecule has 1 aliphatic heterocycles. The highest BCUT2D eigenvalue weighted by molar-refractivity contribution is 6.42. The second kappa shape index (κ2) is 11.0. The van der Waals surface area contributed by atoms with Crippen LogP contribution in [-0.4, -0.2) is 63.0 Å². The van der Waals surface area contributed by atoms with E-state index in [0.29, 0.717) is 16.9 Å². The predicted molar refractivity (Wildman–Crippen MR) is 151 cm³/mol. The number of hydrogen-bond acceptors (Lipinski definition) is 8. The number of anilines is 1. The lowest BCUT2D eigenvalue weighted by atomic mass is 9.86. The summed E-state index contributed by atoms with van der Waals surface area (Å²) in [4.78, 5) is 5.75. The van der Waals surface area contributed by atoms with Crippen molar-refractivity contribution in [2.75, 3.05) is 24.6 Å². The molecule has 12 heteroatoms. The van der Waals surface area contributed by atoms with Gasteiger partial charge in [-0.3, -0.25) is 5.41 Å². The topological polar surface area (TPSA) is 130 Å². The molecule has 1 saturated heterocycles. The van der Waals surface area contributed by atoms with Gasteiger partial charge in [0.1, 0.15) is 35.9 Å². The minimum atomic E-state index is -1.46. The van der Waals surface area contributed by atoms with Gasteiger partial charge in [-0.25, -0.2) is 9.37 Å². The number of rotatable bonds is 8. The van der Waals surface area contributed by atoms with Gasteiger partial charge in [-0.05, 0) is 49.6 Å². The molecule has 3 aliphatic rings. The van der Waals surface area contributed by atoms with Crippen LogP contribution in [0.1, 0.15) is 24.0 Å². The normalized spacial score (nSPS) is 22.9. The average Bonchev–Trinajstić information content (AvgIpc) is 3.71. The fraction of sp³-hybridized carbons (Fsp3) is 0.357. The van der Waals surface area contributed by atoms with Crippen molar-refractivity contribution in [2.45, 2.75) is 37.6 Å². The molecule has 1 aromatic carbocycles. The quantitative estimate of drug-likeness (QED) is 0.213. The maximum absolute atomic E-state index is 14.3. The molecule has 2 unspecified atom stereocenters. The van der Waals surface area contributed by atoms with E-state index in [9.17, 15) is 24.8 Å². The number of pyridine rings is 1. The molecule has 1 aromatic heterocycles. The van der Waals surface area contributed by atoms with Crippen molar-refractivity contribution < 1.29 is 29.6 Å². The van der Waals surface area contributed by atoms with Crippen LogP contribution in [0.4, 0.5) is 10.2 Å². The molecule has 0 radical (unpaired) electrons. The van der Waals surface area contributed by atoms with Crippen LogP contribution in [0, 0.1) is 24.1 Å². The Morgan fingerprint density at radius 3 is 2.52 bits per heavy atom. The highest BCUT2D eigenvalue weighted by Crippen LogP contribution is 2.41. The van der Waals surface area contributed by atoms with E-state index >= 15 is 0 Å². The molecule has 40 heavy (non-hydrogen) atoms. The number of aliphatic hydroxyl groups is 4. The molecular weight excluding hydrogens is 584 g/mol. The summed E-state index contributed by atoms with van der Waals surface area (Å²) in [5.74, 6) is -0.151. The lowest BCUT2D eigenvalue weighted by Gasteiger charge is -2.47. The summed E-state index contributed by atoms with van der Waals surface area (Å²) < 4.78 is 20.2. The third-order valence-corrected chi connectivity index (χ3v) is 8.23. The van der Waals surface area contributed by atoms with Crippen molar-refractivity contribution in [1.29, 1.82) is 5.41 Å². The minimum absolute atomic E-state index is 0.00317. The van der Waals surface area contributed by atoms with Crippen LogP contribution in [0.5, 0.6) is 5.75 Å². The van der Waals surface area contributed by atoms with E-state index in [1.165, 1.54) is 18.2 Å². The SMILES string of the molecule is Cc1cnc(N2CC(O)(c3ccc(OC/C(C(=N)C4=C(Cl)C(O)C(O)C=C4Cl)=C(/O)C4CC4)cc3Cl)C2)c(F)c1. The Morgan fingerprint density at radius 1 is 1.20 bits per heavy atom. The first-order valence-electron chi connectivity index (χ1n) is 12.6. The maximum atomic E-state index is 14.3. The largest absolute Gasteiger partial charge is 0.512 e. The first-order valence-corrected chi connectivity index (χ1v) is 13.7. The Bertz CT molecular complexity index is 1470. The number of nitrogens with zero attached hydrogens (tertiary/aromatic N) is 2. The third kappa shape index (κ3) is 5.46. The minimum Gasteiger partial charge on any atom is -0.512 e. The van der Waals surface area contributed by atoms with Crippen LogP contribution in [0.3, 0.4) is 0 Å². The fourth-order valence-electron chi connectivity index (χ4n) is 4.79. The Balaban J connectivity index is 1.32. The van der Waals surface area contributed by atoms with Crippen LogP contribution in [0.2, 0.25) is 5.02 Å². The lowest BCUT2D eigenvalue weighted by Crippen LogP contribution is -2.60. The summed E-state index contributed by atoms with van der Waals surface area (Å²) in [5.41, 5.74) is -0.277. The molecule has 2 atom stereocenters. The van der Waals surface area contributed by atoms with Gasteiger partial charge in [0.2, 0.25) is 0 Å². The van der Waals surface area contributed by atoms with E-state index in [0.717, 1.165) is 12.8 Å². The Morgan fingerprint density at radius 2 is 1.90 bits per heavy atom. The van der Waals surface area contributed by atoms with Crippen molar-refractivity contribution >= 4 is 46.3 Å². The first-order chi connectivity index (χ1) is 18.9. The molecule has 0 amide bonds. The monoisotopic (exact) mass is 609 g/mol. The van der Waals surface area contributed by atoms with Gasteiger partial charge in [0.25, 0.3) is 0 Å². The maximum Gasteiger partial charge on any atom is 0.165 e. The van der Waals surface area contributed by atoms with E-state index < -0.39 is 23.6 Å². The molecule has 212 valence electrons. The van der Waals surface area contributed by atoms with Crippen LogP contribution in [0.25, 0.3) is 0 Å². The second-order valence-electron chi connectivity index (χ2n) is 10.3. The van der Waals surface area contributed by atoms with Crippen LogP contribution in [-0.2, 0) is 5.60 Å². The number of ether oxygens (including phenoxy) is 1. The van der Waals surface area contributed by atoms with Crippen LogP contribution < -0.4 is 9.64 Å². The second-order valence-corrected chi connectivity index (χ2v) is 11.5. The molecule has 2 heterocycles. The molecule has 2 aliphatic carbocycles. The highest BCUT2D eigenvalue weighted by Gasteiger charge is 2.45. The lowest BCUT2D eigenvalue weighted by molar-refractivity contribution is 0.00673. The summed E-state index contributed by atoms with van der Waals surface area (Å²) in [6, 6.07) is 6.11. The van der Waals surface area contributed by atoms with Crippen molar-refractivity contribution in [3.8, 4) is 5.75 Å². The molecule has 0 bridgehead atoms. The fourth-order valence-corrected chi connectivity index (χ4v) is 5.83. The summed E-state index contributed by atoms with van der Waals surface area (Å²) >= 11 is 19.0. The van der Waals surface area contributed by atoms with Crippen LogP contribution in [0.15, 0.2) is 63.5 Å². The molecule has 1 saturated carbocycles. The smallest absolute Gasteiger partial charge is 0.165 e. The number of halogens is 4. The van der Waals surface area contributed by atoms with Gasteiger partial charge in [-0.2, -0.15) is 0 Å². The van der Waals surface area contributed by atoms with E-state index in [4.69, 9.17) is 44.9 Å². The third-order valence-electron chi connectivity index (χ3n) is 7.19. The predicted octanol–water partition coefficient (Wildman–Crippen LogP) is 4.86. The number of aliphatic hydroxyl groups excluding tert-OH is 3. The average molecular weight is 611 g/mol. The van der Waals surface area contributed by atoms with E-state index in [2.05, 4.69) is 4.98 Å². The number of nitrogens with one attached hydrogen (secondary N) is 1. The van der Waals surface area contributed by atoms with Crippen molar-refractivity contribution in [3.63, 3.8) is 0 Å².